The van der Waals surface area contributed by atoms with Gasteiger partial charge in [0.1, 0.15) is 11.5 Å². The van der Waals surface area contributed by atoms with Gasteiger partial charge in [0.05, 0.1) is 0 Å². The van der Waals surface area contributed by atoms with Crippen LogP contribution >= 0.6 is 0 Å². The Hall–Kier alpha value is -2.10. The van der Waals surface area contributed by atoms with Gasteiger partial charge in [0.2, 0.25) is 0 Å². The van der Waals surface area contributed by atoms with Crippen LogP contribution in [0, 0.1) is 0 Å². The molecule has 2 rings (SSSR count). The molecule has 24 heavy (non-hydrogen) atoms. The molecule has 2 heterocycles. The molecular weight excluding hydrogens is 304 g/mol. The zero-order valence-electron chi connectivity index (χ0n) is 14.8. The van der Waals surface area contributed by atoms with Crippen molar-refractivity contribution in [1.82, 2.24) is 0 Å². The zero-order chi connectivity index (χ0) is 17.6. The van der Waals surface area contributed by atoms with E-state index in [1.165, 1.54) is 37.8 Å². The minimum absolute atomic E-state index is 0.246. The van der Waals surface area contributed by atoms with Crippen LogP contribution < -0.4 is 11.3 Å². The highest BCUT2D eigenvalue weighted by Gasteiger charge is 1.95. The summed E-state index contributed by atoms with van der Waals surface area (Å²) in [7, 11) is 0. The minimum atomic E-state index is -0.246. The number of rotatable bonds is 8. The maximum atomic E-state index is 10.8. The molecule has 0 bridgehead atoms. The smallest absolute Gasteiger partial charge is 0.335 e. The molecule has 0 amide bonds. The molecule has 0 aliphatic carbocycles. The van der Waals surface area contributed by atoms with Crippen molar-refractivity contribution in [3.8, 4) is 0 Å². The van der Waals surface area contributed by atoms with Gasteiger partial charge in [0, 0.05) is 25.0 Å². The monoisotopic (exact) mass is 332 g/mol. The van der Waals surface area contributed by atoms with Crippen molar-refractivity contribution in [3.05, 3.63) is 68.8 Å². The molecule has 0 fully saturated rings. The highest BCUT2D eigenvalue weighted by molar-refractivity contribution is 4.99. The van der Waals surface area contributed by atoms with Crippen molar-refractivity contribution in [2.45, 2.75) is 65.2 Å². The van der Waals surface area contributed by atoms with E-state index in [4.69, 9.17) is 8.83 Å². The van der Waals surface area contributed by atoms with Crippen LogP contribution in [0.15, 0.2) is 54.8 Å². The fourth-order valence-electron chi connectivity index (χ4n) is 2.23. The van der Waals surface area contributed by atoms with Crippen molar-refractivity contribution in [2.75, 3.05) is 0 Å². The number of hydrogen-bond acceptors (Lipinski definition) is 4. The first-order valence-electron chi connectivity index (χ1n) is 8.83. The summed E-state index contributed by atoms with van der Waals surface area (Å²) in [6.07, 6.45) is 8.73. The van der Waals surface area contributed by atoms with Gasteiger partial charge in [-0.2, -0.15) is 0 Å². The van der Waals surface area contributed by atoms with E-state index >= 15 is 0 Å². The van der Waals surface area contributed by atoms with Crippen molar-refractivity contribution in [3.63, 3.8) is 0 Å². The number of hydrogen-bond donors (Lipinski definition) is 0. The van der Waals surface area contributed by atoms with E-state index in [9.17, 15) is 9.59 Å². The summed E-state index contributed by atoms with van der Waals surface area (Å²) in [4.78, 5) is 21.5. The Bertz CT molecular complexity index is 610. The lowest BCUT2D eigenvalue weighted by Gasteiger charge is -1.96. The number of unbranched alkanes of at least 4 members (excludes halogenated alkanes) is 4. The molecule has 2 aromatic heterocycles. The van der Waals surface area contributed by atoms with Crippen LogP contribution in [-0.2, 0) is 12.8 Å². The molecule has 0 saturated carbocycles. The third kappa shape index (κ3) is 9.13. The maximum Gasteiger partial charge on any atom is 0.335 e. The first-order chi connectivity index (χ1) is 11.7. The van der Waals surface area contributed by atoms with E-state index in [1.807, 2.05) is 12.1 Å². The summed E-state index contributed by atoms with van der Waals surface area (Å²) in [6, 6.07) is 10.1. The van der Waals surface area contributed by atoms with Crippen molar-refractivity contribution < 1.29 is 8.83 Å². The van der Waals surface area contributed by atoms with Gasteiger partial charge >= 0.3 is 11.3 Å². The van der Waals surface area contributed by atoms with Gasteiger partial charge in [-0.3, -0.25) is 0 Å². The van der Waals surface area contributed by atoms with E-state index in [2.05, 4.69) is 13.8 Å². The molecule has 0 aromatic carbocycles. The highest BCUT2D eigenvalue weighted by Crippen LogP contribution is 2.04. The van der Waals surface area contributed by atoms with Crippen molar-refractivity contribution in [2.24, 2.45) is 0 Å². The second-order valence-corrected chi connectivity index (χ2v) is 5.74. The normalized spacial score (nSPS) is 10.1. The molecule has 4 nitrogen and oxygen atoms in total. The molecule has 0 radical (unpaired) electrons. The van der Waals surface area contributed by atoms with Crippen LogP contribution in [0.3, 0.4) is 0 Å². The molecule has 0 saturated heterocycles. The molecule has 0 aliphatic rings. The molecule has 0 unspecified atom stereocenters. The molecule has 4 heteroatoms. The van der Waals surface area contributed by atoms with E-state index in [0.717, 1.165) is 37.2 Å². The van der Waals surface area contributed by atoms with E-state index in [1.54, 1.807) is 12.1 Å². The van der Waals surface area contributed by atoms with Gasteiger partial charge in [-0.05, 0) is 25.0 Å². The fourth-order valence-corrected chi connectivity index (χ4v) is 2.23. The lowest BCUT2D eigenvalue weighted by Crippen LogP contribution is -1.97. The van der Waals surface area contributed by atoms with Gasteiger partial charge in [-0.1, -0.05) is 51.7 Å². The standard InChI is InChI=1S/2C10H14O2/c2*1-2-3-4-6-9-7-5-8-10(11)12-9/h2*5,7-8H,2-4,6H2,1H3. The van der Waals surface area contributed by atoms with E-state index < -0.39 is 0 Å². The summed E-state index contributed by atoms with van der Waals surface area (Å²) >= 11 is 0. The van der Waals surface area contributed by atoms with Gasteiger partial charge in [-0.25, -0.2) is 9.59 Å². The Morgan fingerprint density at radius 2 is 1.08 bits per heavy atom. The quantitative estimate of drug-likeness (QED) is 0.655. The first kappa shape index (κ1) is 19.9. The van der Waals surface area contributed by atoms with Gasteiger partial charge < -0.3 is 8.83 Å². The molecule has 132 valence electrons. The topological polar surface area (TPSA) is 60.4 Å². The Labute approximate surface area is 143 Å². The Morgan fingerprint density at radius 1 is 0.667 bits per heavy atom. The van der Waals surface area contributed by atoms with E-state index in [-0.39, 0.29) is 11.3 Å². The van der Waals surface area contributed by atoms with Crippen LogP contribution in [0.4, 0.5) is 0 Å². The van der Waals surface area contributed by atoms with Crippen LogP contribution in [0.2, 0.25) is 0 Å². The zero-order valence-corrected chi connectivity index (χ0v) is 14.8. The third-order valence-corrected chi connectivity index (χ3v) is 3.55. The van der Waals surface area contributed by atoms with Crippen molar-refractivity contribution in [1.29, 1.82) is 0 Å². The van der Waals surface area contributed by atoms with Crippen LogP contribution in [0.1, 0.15) is 63.9 Å². The fraction of sp³-hybridized carbons (Fsp3) is 0.500. The van der Waals surface area contributed by atoms with Gasteiger partial charge in [0.25, 0.3) is 0 Å². The summed E-state index contributed by atoms with van der Waals surface area (Å²) in [5.41, 5.74) is -0.493. The van der Waals surface area contributed by atoms with Crippen LogP contribution in [0.5, 0.6) is 0 Å². The van der Waals surface area contributed by atoms with Crippen LogP contribution in [-0.4, -0.2) is 0 Å². The summed E-state index contributed by atoms with van der Waals surface area (Å²) in [6.45, 7) is 4.31. The third-order valence-electron chi connectivity index (χ3n) is 3.55. The van der Waals surface area contributed by atoms with Gasteiger partial charge in [-0.15, -0.1) is 0 Å². The lowest BCUT2D eigenvalue weighted by atomic mass is 10.2. The SMILES string of the molecule is CCCCCc1cccc(=O)o1.CCCCCc1cccc(=O)o1. The van der Waals surface area contributed by atoms with E-state index in [0.29, 0.717) is 0 Å². The molecule has 0 atom stereocenters. The lowest BCUT2D eigenvalue weighted by molar-refractivity contribution is 0.450. The van der Waals surface area contributed by atoms with Crippen LogP contribution in [0.25, 0.3) is 0 Å². The Kier molecular flexibility index (Phi) is 10.3. The summed E-state index contributed by atoms with van der Waals surface area (Å²) in [5.74, 6) is 1.60. The number of aryl methyl sites for hydroxylation is 2. The average Bonchev–Trinajstić information content (AvgIpc) is 2.56. The maximum absolute atomic E-state index is 10.8. The van der Waals surface area contributed by atoms with Gasteiger partial charge in [0.15, 0.2) is 0 Å². The first-order valence-corrected chi connectivity index (χ1v) is 8.83. The summed E-state index contributed by atoms with van der Waals surface area (Å²) < 4.78 is 9.94. The van der Waals surface area contributed by atoms with Crippen molar-refractivity contribution >= 4 is 0 Å². The molecule has 0 N–H and O–H groups in total. The Balaban J connectivity index is 0.000000240. The highest BCUT2D eigenvalue weighted by atomic mass is 16.4. The second kappa shape index (κ2) is 12.3. The molecular formula is C20H28O4. The second-order valence-electron chi connectivity index (χ2n) is 5.74. The molecule has 2 aromatic rings. The minimum Gasteiger partial charge on any atom is -0.428 e. The Morgan fingerprint density at radius 3 is 1.42 bits per heavy atom. The predicted octanol–water partition coefficient (Wildman–Crippen LogP) is 4.75. The molecule has 0 spiro atoms. The summed E-state index contributed by atoms with van der Waals surface area (Å²) in [5, 5.41) is 0. The average molecular weight is 332 g/mol. The molecule has 0 aliphatic heterocycles. The largest absolute Gasteiger partial charge is 0.428 e. The predicted molar refractivity (Wildman–Crippen MR) is 96.4 cm³/mol.